The standard InChI is InChI=1S/C57H57N5O12/c1-9-35-40-25-34(72-55(69)74-56(6,7)8)23-24-45(40)60-48-41(35)27-62-46(48)26-44-43(51(62)65)29-70-53(67)57(44,10-2)73-52(66)32-19-21-33(22-20-32)59-49(63)31(5)58-50(64)47(30(3)4)61-54(68)71-28-42-38-17-13-11-15-36(38)37-16-12-14-18-39(37)42/h11-26,30-31,42,47H,9-10,27-29H2,1-8H3,(H,58,64)(H,59,63)(H,61,68)/t31-,47-,57-/m0/s1. The predicted molar refractivity (Wildman–Crippen MR) is 273 cm³/mol. The summed E-state index contributed by atoms with van der Waals surface area (Å²) in [6.07, 6.45) is -1.12. The van der Waals surface area contributed by atoms with Gasteiger partial charge in [0.1, 0.15) is 36.6 Å². The molecule has 2 aromatic heterocycles. The molecule has 9 rings (SSSR count). The van der Waals surface area contributed by atoms with Crippen molar-refractivity contribution in [1.82, 2.24) is 20.2 Å². The Balaban J connectivity index is 0.857. The van der Waals surface area contributed by atoms with Crippen LogP contribution in [0, 0.1) is 5.92 Å². The molecule has 3 atom stereocenters. The third-order valence-corrected chi connectivity index (χ3v) is 13.7. The van der Waals surface area contributed by atoms with E-state index in [0.29, 0.717) is 23.3 Å². The van der Waals surface area contributed by atoms with Gasteiger partial charge in [-0.05, 0) is 123 Å². The molecule has 1 aliphatic carbocycles. The summed E-state index contributed by atoms with van der Waals surface area (Å²) in [4.78, 5) is 99.6. The zero-order valence-electron chi connectivity index (χ0n) is 42.4. The first kappa shape index (κ1) is 50.6. The first-order valence-corrected chi connectivity index (χ1v) is 24.7. The number of hydrogen-bond acceptors (Lipinski definition) is 13. The summed E-state index contributed by atoms with van der Waals surface area (Å²) in [5.74, 6) is -3.14. The van der Waals surface area contributed by atoms with Crippen LogP contribution in [0.25, 0.3) is 33.4 Å². The Labute approximate surface area is 426 Å². The molecule has 3 amide bonds. The molecule has 0 spiro atoms. The van der Waals surface area contributed by atoms with Gasteiger partial charge >= 0.3 is 24.2 Å². The molecule has 3 N–H and O–H groups in total. The van der Waals surface area contributed by atoms with E-state index in [2.05, 4.69) is 16.0 Å². The molecule has 0 fully saturated rings. The molecule has 6 aromatic rings. The number of cyclic esters (lactones) is 1. The van der Waals surface area contributed by atoms with E-state index in [9.17, 15) is 33.6 Å². The van der Waals surface area contributed by atoms with E-state index < -0.39 is 64.8 Å². The largest absolute Gasteiger partial charge is 0.514 e. The number of rotatable bonds is 13. The van der Waals surface area contributed by atoms with Crippen LogP contribution in [0.5, 0.6) is 5.75 Å². The van der Waals surface area contributed by atoms with Crippen molar-refractivity contribution >= 4 is 52.6 Å². The second kappa shape index (κ2) is 19.9. The van der Waals surface area contributed by atoms with E-state index in [1.165, 1.54) is 31.2 Å². The predicted octanol–water partition coefficient (Wildman–Crippen LogP) is 8.83. The number of aromatic nitrogens is 2. The van der Waals surface area contributed by atoms with Crippen molar-refractivity contribution in [3.05, 3.63) is 146 Å². The van der Waals surface area contributed by atoms with E-state index >= 15 is 0 Å². The number of alkyl carbamates (subject to hydrolysis) is 1. The summed E-state index contributed by atoms with van der Waals surface area (Å²) < 4.78 is 29.7. The Hall–Kier alpha value is -8.34. The zero-order valence-corrected chi connectivity index (χ0v) is 42.4. The number of aryl methyl sites for hydroxylation is 1. The van der Waals surface area contributed by atoms with Crippen molar-refractivity contribution in [3.63, 3.8) is 0 Å². The molecule has 0 bridgehead atoms. The normalized spacial score (nSPS) is 16.1. The van der Waals surface area contributed by atoms with Gasteiger partial charge in [-0.25, -0.2) is 24.2 Å². The van der Waals surface area contributed by atoms with E-state index in [-0.39, 0.29) is 66.1 Å². The number of esters is 2. The number of pyridine rings is 2. The third kappa shape index (κ3) is 9.56. The second-order valence-corrected chi connectivity index (χ2v) is 20.0. The maximum Gasteiger partial charge on any atom is 0.514 e. The van der Waals surface area contributed by atoms with Gasteiger partial charge < -0.3 is 44.2 Å². The number of carbonyl (C=O) groups excluding carboxylic acids is 6. The first-order chi connectivity index (χ1) is 35.3. The zero-order chi connectivity index (χ0) is 52.8. The number of carbonyl (C=O) groups is 6. The smallest absolute Gasteiger partial charge is 0.457 e. The Kier molecular flexibility index (Phi) is 13.6. The van der Waals surface area contributed by atoms with Crippen LogP contribution in [0.3, 0.4) is 0 Å². The molecule has 0 unspecified atom stereocenters. The van der Waals surface area contributed by atoms with Crippen molar-refractivity contribution in [3.8, 4) is 28.3 Å². The van der Waals surface area contributed by atoms with E-state index in [0.717, 1.165) is 38.8 Å². The molecule has 4 heterocycles. The minimum absolute atomic E-state index is 0.0372. The molecule has 0 saturated carbocycles. The minimum Gasteiger partial charge on any atom is -0.457 e. The van der Waals surface area contributed by atoms with Gasteiger partial charge in [-0.1, -0.05) is 76.2 Å². The van der Waals surface area contributed by atoms with E-state index in [1.54, 1.807) is 70.4 Å². The van der Waals surface area contributed by atoms with Crippen LogP contribution in [-0.4, -0.2) is 69.8 Å². The number of nitrogens with zero attached hydrogens (tertiary/aromatic N) is 2. The fourth-order valence-electron chi connectivity index (χ4n) is 9.96. The fraction of sp³-hybridized carbons (Fsp3) is 0.333. The number of hydrogen-bond donors (Lipinski definition) is 3. The molecule has 2 aliphatic heterocycles. The highest BCUT2D eigenvalue weighted by Crippen LogP contribution is 2.45. The lowest BCUT2D eigenvalue weighted by Gasteiger charge is -2.35. The van der Waals surface area contributed by atoms with Crippen LogP contribution < -0.4 is 26.2 Å². The maximum absolute atomic E-state index is 14.3. The summed E-state index contributed by atoms with van der Waals surface area (Å²) in [5, 5.41) is 8.80. The highest BCUT2D eigenvalue weighted by Gasteiger charge is 2.51. The highest BCUT2D eigenvalue weighted by molar-refractivity contribution is 5.99. The van der Waals surface area contributed by atoms with E-state index in [1.807, 2.05) is 55.5 Å². The van der Waals surface area contributed by atoms with Crippen molar-refractivity contribution < 1.29 is 52.5 Å². The van der Waals surface area contributed by atoms with Crippen LogP contribution in [0.4, 0.5) is 15.3 Å². The molecular weight excluding hydrogens is 947 g/mol. The Morgan fingerprint density at radius 3 is 2.15 bits per heavy atom. The number of anilines is 1. The highest BCUT2D eigenvalue weighted by atomic mass is 16.7. The van der Waals surface area contributed by atoms with Crippen LogP contribution in [0.15, 0.2) is 102 Å². The number of fused-ring (bicyclic) bond motifs is 8. The SMILES string of the molecule is CCc1c2c(nc3ccc(OC(=O)OC(C)(C)C)cc13)-c1cc3c(c(=O)n1C2)COC(=O)[C@@]3(CC)OC(=O)c1ccc(NC(=O)[C@H](C)NC(=O)[C@@H](NC(=O)OCC2c3ccccc3-c3ccccc32)C(C)C)cc1. The molecular formula is C57H57N5O12. The summed E-state index contributed by atoms with van der Waals surface area (Å²) in [6.45, 7) is 13.8. The molecule has 0 saturated heterocycles. The van der Waals surface area contributed by atoms with Gasteiger partial charge in [0.05, 0.1) is 34.6 Å². The van der Waals surface area contributed by atoms with Crippen LogP contribution >= 0.6 is 0 Å². The summed E-state index contributed by atoms with van der Waals surface area (Å²) in [5.41, 5.74) is 5.04. The molecule has 17 heteroatoms. The number of ether oxygens (including phenoxy) is 5. The topological polar surface area (TPSA) is 220 Å². The molecule has 74 heavy (non-hydrogen) atoms. The average Bonchev–Trinajstić information content (AvgIpc) is 3.90. The molecule has 4 aromatic carbocycles. The minimum atomic E-state index is -1.99. The Bertz CT molecular complexity index is 3290. The van der Waals surface area contributed by atoms with Crippen LogP contribution in [-0.2, 0) is 58.5 Å². The van der Waals surface area contributed by atoms with Gasteiger partial charge in [0, 0.05) is 28.1 Å². The van der Waals surface area contributed by atoms with Gasteiger partial charge in [-0.15, -0.1) is 0 Å². The van der Waals surface area contributed by atoms with Crippen molar-refractivity contribution in [2.24, 2.45) is 5.92 Å². The van der Waals surface area contributed by atoms with Crippen molar-refractivity contribution in [1.29, 1.82) is 0 Å². The number of nitrogens with one attached hydrogen (secondary N) is 3. The van der Waals surface area contributed by atoms with Crippen LogP contribution in [0.2, 0.25) is 0 Å². The lowest BCUT2D eigenvalue weighted by molar-refractivity contribution is -0.173. The molecule has 3 aliphatic rings. The van der Waals surface area contributed by atoms with E-state index in [4.69, 9.17) is 28.7 Å². The summed E-state index contributed by atoms with van der Waals surface area (Å²) >= 11 is 0. The fourth-order valence-corrected chi connectivity index (χ4v) is 9.96. The number of amides is 3. The molecule has 0 radical (unpaired) electrons. The molecule has 382 valence electrons. The van der Waals surface area contributed by atoms with Gasteiger partial charge in [0.25, 0.3) is 5.56 Å². The average molecular weight is 1000 g/mol. The van der Waals surface area contributed by atoms with Gasteiger partial charge in [0.2, 0.25) is 17.4 Å². The summed E-state index contributed by atoms with van der Waals surface area (Å²) in [6, 6.07) is 26.4. The Morgan fingerprint density at radius 2 is 1.51 bits per heavy atom. The first-order valence-electron chi connectivity index (χ1n) is 24.7. The lowest BCUT2D eigenvalue weighted by atomic mass is 9.85. The Morgan fingerprint density at radius 1 is 0.838 bits per heavy atom. The quantitative estimate of drug-likeness (QED) is 0.0559. The number of benzene rings is 4. The van der Waals surface area contributed by atoms with Gasteiger partial charge in [0.15, 0.2) is 0 Å². The molecule has 17 nitrogen and oxygen atoms in total. The van der Waals surface area contributed by atoms with Crippen LogP contribution in [0.1, 0.15) is 111 Å². The van der Waals surface area contributed by atoms with Gasteiger partial charge in [-0.3, -0.25) is 14.4 Å². The maximum atomic E-state index is 14.3. The van der Waals surface area contributed by atoms with Crippen molar-refractivity contribution in [2.45, 2.75) is 111 Å². The monoisotopic (exact) mass is 1000 g/mol. The van der Waals surface area contributed by atoms with Crippen molar-refractivity contribution in [2.75, 3.05) is 11.9 Å². The lowest BCUT2D eigenvalue weighted by Crippen LogP contribution is -2.53. The second-order valence-electron chi connectivity index (χ2n) is 20.0. The third-order valence-electron chi connectivity index (χ3n) is 13.7. The van der Waals surface area contributed by atoms with Gasteiger partial charge in [-0.2, -0.15) is 0 Å². The summed E-state index contributed by atoms with van der Waals surface area (Å²) in [7, 11) is 0.